The summed E-state index contributed by atoms with van der Waals surface area (Å²) in [6.45, 7) is 4.00. The molecule has 126 valence electrons. The average Bonchev–Trinajstić information content (AvgIpc) is 3.36. The normalized spacial score (nSPS) is 12.4. The fourth-order valence-electron chi connectivity index (χ4n) is 2.17. The minimum atomic E-state index is -0.0902. The van der Waals surface area contributed by atoms with Crippen LogP contribution in [0, 0.1) is 6.92 Å². The van der Waals surface area contributed by atoms with Gasteiger partial charge in [0.2, 0.25) is 11.8 Å². The highest BCUT2D eigenvalue weighted by molar-refractivity contribution is 7.99. The third-order valence-electron chi connectivity index (χ3n) is 3.50. The van der Waals surface area contributed by atoms with Crippen molar-refractivity contribution in [1.29, 1.82) is 0 Å². The maximum Gasteiger partial charge on any atom is 0.277 e. The molecule has 0 spiro atoms. The van der Waals surface area contributed by atoms with Crippen LogP contribution in [-0.2, 0) is 0 Å². The van der Waals surface area contributed by atoms with E-state index in [0.717, 1.165) is 10.4 Å². The largest absolute Gasteiger partial charge is 0.419 e. The Morgan fingerprint density at radius 2 is 1.76 bits per heavy atom. The van der Waals surface area contributed by atoms with Gasteiger partial charge in [-0.3, -0.25) is 0 Å². The second-order valence-corrected chi connectivity index (χ2v) is 7.66. The van der Waals surface area contributed by atoms with Crippen LogP contribution >= 0.6 is 23.1 Å². The number of thioether (sulfide) groups is 1. The molecule has 0 unspecified atom stereocenters. The van der Waals surface area contributed by atoms with Crippen molar-refractivity contribution in [1.82, 2.24) is 20.4 Å². The topological polar surface area (TPSA) is 77.8 Å². The van der Waals surface area contributed by atoms with Gasteiger partial charge in [0.25, 0.3) is 11.1 Å². The van der Waals surface area contributed by atoms with E-state index in [9.17, 15) is 0 Å². The van der Waals surface area contributed by atoms with E-state index in [-0.39, 0.29) is 5.25 Å². The summed E-state index contributed by atoms with van der Waals surface area (Å²) in [5.74, 6) is 1.56. The smallest absolute Gasteiger partial charge is 0.277 e. The molecule has 4 aromatic rings. The zero-order valence-electron chi connectivity index (χ0n) is 13.5. The van der Waals surface area contributed by atoms with Crippen molar-refractivity contribution in [2.75, 3.05) is 0 Å². The van der Waals surface area contributed by atoms with Gasteiger partial charge in [0.05, 0.1) is 10.1 Å². The molecular weight excluding hydrogens is 356 g/mol. The van der Waals surface area contributed by atoms with Crippen LogP contribution in [-0.4, -0.2) is 20.4 Å². The van der Waals surface area contributed by atoms with Gasteiger partial charge in [-0.1, -0.05) is 35.5 Å². The molecule has 0 saturated heterocycles. The molecule has 0 bridgehead atoms. The molecule has 1 atom stereocenters. The maximum absolute atomic E-state index is 5.74. The number of hydrogen-bond acceptors (Lipinski definition) is 8. The Bertz CT molecular complexity index is 961. The summed E-state index contributed by atoms with van der Waals surface area (Å²) < 4.78 is 11.5. The summed E-state index contributed by atoms with van der Waals surface area (Å²) >= 11 is 2.96. The Labute approximate surface area is 152 Å². The van der Waals surface area contributed by atoms with Crippen molar-refractivity contribution >= 4 is 23.1 Å². The zero-order valence-corrected chi connectivity index (χ0v) is 15.2. The molecule has 6 nitrogen and oxygen atoms in total. The Morgan fingerprint density at radius 3 is 2.52 bits per heavy atom. The molecule has 3 heterocycles. The van der Waals surface area contributed by atoms with Crippen LogP contribution in [0.2, 0.25) is 0 Å². The molecular formula is C17H14N4O2S2. The van der Waals surface area contributed by atoms with Gasteiger partial charge in [-0.25, -0.2) is 0 Å². The highest BCUT2D eigenvalue weighted by atomic mass is 32.2. The van der Waals surface area contributed by atoms with Crippen LogP contribution in [0.1, 0.15) is 23.6 Å². The fourth-order valence-corrected chi connectivity index (χ4v) is 3.53. The molecule has 0 N–H and O–H groups in total. The summed E-state index contributed by atoms with van der Waals surface area (Å²) in [5.41, 5.74) is 2.08. The van der Waals surface area contributed by atoms with Crippen LogP contribution in [0.15, 0.2) is 55.8 Å². The number of thiophene rings is 1. The first-order valence-corrected chi connectivity index (χ1v) is 9.39. The van der Waals surface area contributed by atoms with Crippen molar-refractivity contribution in [2.45, 2.75) is 24.3 Å². The zero-order chi connectivity index (χ0) is 17.2. The van der Waals surface area contributed by atoms with Crippen molar-refractivity contribution in [3.05, 3.63) is 53.2 Å². The highest BCUT2D eigenvalue weighted by Gasteiger charge is 2.20. The molecule has 0 aliphatic heterocycles. The molecule has 0 fully saturated rings. The first-order valence-electron chi connectivity index (χ1n) is 7.63. The lowest BCUT2D eigenvalue weighted by Gasteiger charge is -2.01. The van der Waals surface area contributed by atoms with E-state index in [0.29, 0.717) is 22.9 Å². The van der Waals surface area contributed by atoms with Gasteiger partial charge in [0.1, 0.15) is 0 Å². The molecule has 0 aliphatic carbocycles. The molecule has 0 amide bonds. The molecule has 1 aromatic carbocycles. The average molecular weight is 370 g/mol. The van der Waals surface area contributed by atoms with Crippen molar-refractivity contribution in [3.63, 3.8) is 0 Å². The maximum atomic E-state index is 5.74. The van der Waals surface area contributed by atoms with Gasteiger partial charge in [-0.05, 0) is 37.4 Å². The minimum absolute atomic E-state index is 0.0902. The van der Waals surface area contributed by atoms with Crippen LogP contribution in [0.4, 0.5) is 0 Å². The Morgan fingerprint density at radius 1 is 0.960 bits per heavy atom. The minimum Gasteiger partial charge on any atom is -0.419 e. The van der Waals surface area contributed by atoms with Crippen LogP contribution in [0.5, 0.6) is 0 Å². The van der Waals surface area contributed by atoms with E-state index in [1.807, 2.05) is 55.6 Å². The van der Waals surface area contributed by atoms with Crippen molar-refractivity contribution in [2.24, 2.45) is 0 Å². The van der Waals surface area contributed by atoms with E-state index in [1.165, 1.54) is 17.3 Å². The summed E-state index contributed by atoms with van der Waals surface area (Å²) in [6, 6.07) is 11.9. The Kier molecular flexibility index (Phi) is 4.37. The number of nitrogens with zero attached hydrogens (tertiary/aromatic N) is 4. The standard InChI is InChI=1S/C17H14N4O2S2/c1-10-5-7-12(8-6-10)15-19-21-17(23-15)25-11(2)14-18-20-16(22-14)13-4-3-9-24-13/h3-9,11H,1-2H3/t11-/m1/s1. The third kappa shape index (κ3) is 3.49. The predicted octanol–water partition coefficient (Wildman–Crippen LogP) is 5.01. The van der Waals surface area contributed by atoms with Crippen LogP contribution in [0.3, 0.4) is 0 Å². The fraction of sp³-hybridized carbons (Fsp3) is 0.176. The van der Waals surface area contributed by atoms with Gasteiger partial charge in [-0.2, -0.15) is 0 Å². The molecule has 4 rings (SSSR count). The van der Waals surface area contributed by atoms with E-state index in [4.69, 9.17) is 8.83 Å². The van der Waals surface area contributed by atoms with E-state index < -0.39 is 0 Å². The molecule has 0 radical (unpaired) electrons. The Hall–Kier alpha value is -2.45. The summed E-state index contributed by atoms with van der Waals surface area (Å²) in [5, 5.41) is 18.8. The van der Waals surface area contributed by atoms with Gasteiger partial charge >= 0.3 is 0 Å². The summed E-state index contributed by atoms with van der Waals surface area (Å²) in [7, 11) is 0. The number of aromatic nitrogens is 4. The highest BCUT2D eigenvalue weighted by Crippen LogP contribution is 2.36. The predicted molar refractivity (Wildman–Crippen MR) is 96.4 cm³/mol. The van der Waals surface area contributed by atoms with Crippen LogP contribution in [0.25, 0.3) is 22.2 Å². The second-order valence-electron chi connectivity index (χ2n) is 5.42. The first kappa shape index (κ1) is 16.0. The molecule has 3 aromatic heterocycles. The number of hydrogen-bond donors (Lipinski definition) is 0. The van der Waals surface area contributed by atoms with Gasteiger partial charge < -0.3 is 8.83 Å². The van der Waals surface area contributed by atoms with Gasteiger partial charge in [0.15, 0.2) is 0 Å². The Balaban J connectivity index is 1.48. The molecule has 25 heavy (non-hydrogen) atoms. The van der Waals surface area contributed by atoms with Gasteiger partial charge in [-0.15, -0.1) is 31.7 Å². The lowest BCUT2D eigenvalue weighted by Crippen LogP contribution is -1.88. The van der Waals surface area contributed by atoms with Crippen molar-refractivity contribution in [3.8, 4) is 22.2 Å². The van der Waals surface area contributed by atoms with Crippen molar-refractivity contribution < 1.29 is 8.83 Å². The lowest BCUT2D eigenvalue weighted by molar-refractivity contribution is 0.461. The second kappa shape index (κ2) is 6.81. The van der Waals surface area contributed by atoms with E-state index in [1.54, 1.807) is 11.3 Å². The molecule has 0 aliphatic rings. The summed E-state index contributed by atoms with van der Waals surface area (Å²) in [4.78, 5) is 0.954. The van der Waals surface area contributed by atoms with Crippen LogP contribution < -0.4 is 0 Å². The first-order chi connectivity index (χ1) is 12.2. The quantitative estimate of drug-likeness (QED) is 0.457. The summed E-state index contributed by atoms with van der Waals surface area (Å²) in [6.07, 6.45) is 0. The van der Waals surface area contributed by atoms with E-state index in [2.05, 4.69) is 20.4 Å². The van der Waals surface area contributed by atoms with Gasteiger partial charge in [0, 0.05) is 5.56 Å². The molecule has 0 saturated carbocycles. The third-order valence-corrected chi connectivity index (χ3v) is 5.28. The molecule has 8 heteroatoms. The number of aryl methyl sites for hydroxylation is 1. The SMILES string of the molecule is Cc1ccc(-c2nnc(S[C@H](C)c3nnc(-c4cccs4)o3)o2)cc1. The number of rotatable bonds is 5. The lowest BCUT2D eigenvalue weighted by atomic mass is 10.1. The monoisotopic (exact) mass is 370 g/mol. The van der Waals surface area contributed by atoms with E-state index >= 15 is 0 Å². The number of benzene rings is 1.